The molecule has 0 saturated carbocycles. The number of ether oxygens (including phenoxy) is 1. The van der Waals surface area contributed by atoms with E-state index in [2.05, 4.69) is 15.9 Å². The Hall–Kier alpha value is -2.26. The number of nitrogen functional groups attached to an aromatic ring is 1. The number of aromatic nitrogens is 1. The van der Waals surface area contributed by atoms with Crippen LogP contribution in [0.2, 0.25) is 0 Å². The van der Waals surface area contributed by atoms with E-state index < -0.39 is 5.97 Å². The summed E-state index contributed by atoms with van der Waals surface area (Å²) in [6, 6.07) is 7.63. The Morgan fingerprint density at radius 3 is 2.80 bits per heavy atom. The van der Waals surface area contributed by atoms with Crippen LogP contribution in [0.1, 0.15) is 21.6 Å². The summed E-state index contributed by atoms with van der Waals surface area (Å²) < 4.78 is 7.19. The smallest absolute Gasteiger partial charge is 0.357 e. The summed E-state index contributed by atoms with van der Waals surface area (Å²) in [6.45, 7) is 1.91. The van der Waals surface area contributed by atoms with Crippen molar-refractivity contribution in [1.29, 1.82) is 5.26 Å². The standard InChI is InChI=1S/C14H12BrN3O2/c1-8-3-4-10(15)5-11(8)18-7-9(6-16)12(17)13(18)14(19)20-2/h3-5,7H,17H2,1-2H3. The predicted molar refractivity (Wildman–Crippen MR) is 78.7 cm³/mol. The number of methoxy groups -OCH3 is 1. The van der Waals surface area contributed by atoms with Gasteiger partial charge in [-0.1, -0.05) is 22.0 Å². The lowest BCUT2D eigenvalue weighted by Gasteiger charge is -2.11. The molecule has 1 heterocycles. The number of rotatable bonds is 2. The molecule has 102 valence electrons. The largest absolute Gasteiger partial charge is 0.464 e. The first kappa shape index (κ1) is 14.2. The van der Waals surface area contributed by atoms with Gasteiger partial charge in [-0.15, -0.1) is 0 Å². The second-order valence-electron chi connectivity index (χ2n) is 4.21. The number of nitriles is 1. The van der Waals surface area contributed by atoms with Crippen molar-refractivity contribution in [2.24, 2.45) is 0 Å². The van der Waals surface area contributed by atoms with E-state index in [-0.39, 0.29) is 16.9 Å². The van der Waals surface area contributed by atoms with Crippen LogP contribution in [0.5, 0.6) is 0 Å². The Kier molecular flexibility index (Phi) is 3.81. The minimum absolute atomic E-state index is 0.124. The monoisotopic (exact) mass is 333 g/mol. The topological polar surface area (TPSA) is 81.0 Å². The van der Waals surface area contributed by atoms with Gasteiger partial charge in [0.05, 0.1) is 18.4 Å². The SMILES string of the molecule is COC(=O)c1c(N)c(C#N)cn1-c1cc(Br)ccc1C. The van der Waals surface area contributed by atoms with E-state index in [9.17, 15) is 4.79 Å². The molecule has 0 spiro atoms. The zero-order valence-electron chi connectivity index (χ0n) is 11.0. The maximum Gasteiger partial charge on any atom is 0.357 e. The van der Waals surface area contributed by atoms with Crippen molar-refractivity contribution >= 4 is 27.6 Å². The van der Waals surface area contributed by atoms with Crippen molar-refractivity contribution in [3.63, 3.8) is 0 Å². The zero-order chi connectivity index (χ0) is 14.9. The van der Waals surface area contributed by atoms with Gasteiger partial charge in [0, 0.05) is 16.4 Å². The lowest BCUT2D eigenvalue weighted by Crippen LogP contribution is -2.11. The van der Waals surface area contributed by atoms with Crippen LogP contribution >= 0.6 is 15.9 Å². The molecule has 2 aromatic rings. The average Bonchev–Trinajstić information content (AvgIpc) is 2.77. The molecule has 0 fully saturated rings. The lowest BCUT2D eigenvalue weighted by atomic mass is 10.2. The molecule has 1 aromatic heterocycles. The summed E-state index contributed by atoms with van der Waals surface area (Å²) in [7, 11) is 1.28. The van der Waals surface area contributed by atoms with Crippen LogP contribution in [0.4, 0.5) is 5.69 Å². The summed E-state index contributed by atoms with van der Waals surface area (Å²) in [5, 5.41) is 9.08. The minimum atomic E-state index is -0.580. The van der Waals surface area contributed by atoms with Crippen LogP contribution in [0.25, 0.3) is 5.69 Å². The first-order chi connectivity index (χ1) is 9.49. The van der Waals surface area contributed by atoms with Gasteiger partial charge in [-0.3, -0.25) is 0 Å². The van der Waals surface area contributed by atoms with Crippen LogP contribution in [-0.4, -0.2) is 17.6 Å². The van der Waals surface area contributed by atoms with Crippen LogP contribution < -0.4 is 5.73 Å². The maximum absolute atomic E-state index is 11.9. The third-order valence-corrected chi connectivity index (χ3v) is 3.47. The molecule has 0 aliphatic carbocycles. The van der Waals surface area contributed by atoms with Gasteiger partial charge >= 0.3 is 5.97 Å². The third-order valence-electron chi connectivity index (χ3n) is 2.97. The van der Waals surface area contributed by atoms with Crippen molar-refractivity contribution < 1.29 is 9.53 Å². The van der Waals surface area contributed by atoms with Crippen LogP contribution in [0, 0.1) is 18.3 Å². The number of hydrogen-bond donors (Lipinski definition) is 1. The fourth-order valence-corrected chi connectivity index (χ4v) is 2.30. The van der Waals surface area contributed by atoms with Gasteiger partial charge in [0.15, 0.2) is 5.69 Å². The van der Waals surface area contributed by atoms with Gasteiger partial charge in [0.1, 0.15) is 6.07 Å². The normalized spacial score (nSPS) is 10.1. The number of esters is 1. The summed E-state index contributed by atoms with van der Waals surface area (Å²) in [4.78, 5) is 11.9. The Morgan fingerprint density at radius 2 is 2.20 bits per heavy atom. The van der Waals surface area contributed by atoms with E-state index in [0.717, 1.165) is 15.7 Å². The first-order valence-corrected chi connectivity index (χ1v) is 6.54. The highest BCUT2D eigenvalue weighted by molar-refractivity contribution is 9.10. The molecule has 0 aliphatic rings. The fraction of sp³-hybridized carbons (Fsp3) is 0.143. The number of halogens is 1. The highest BCUT2D eigenvalue weighted by Crippen LogP contribution is 2.28. The van der Waals surface area contributed by atoms with E-state index in [1.165, 1.54) is 13.3 Å². The highest BCUT2D eigenvalue weighted by Gasteiger charge is 2.22. The molecule has 2 N–H and O–H groups in total. The Labute approximate surface area is 124 Å². The molecule has 2 rings (SSSR count). The molecular weight excluding hydrogens is 322 g/mol. The average molecular weight is 334 g/mol. The molecule has 1 aromatic carbocycles. The fourth-order valence-electron chi connectivity index (χ4n) is 1.95. The van der Waals surface area contributed by atoms with E-state index >= 15 is 0 Å². The van der Waals surface area contributed by atoms with Gasteiger partial charge in [-0.2, -0.15) is 5.26 Å². The Morgan fingerprint density at radius 1 is 1.50 bits per heavy atom. The number of carbonyl (C=O) groups excluding carboxylic acids is 1. The molecule has 0 bridgehead atoms. The van der Waals surface area contributed by atoms with Crippen LogP contribution in [0.3, 0.4) is 0 Å². The summed E-state index contributed by atoms with van der Waals surface area (Å²) >= 11 is 3.39. The second-order valence-corrected chi connectivity index (χ2v) is 5.12. The van der Waals surface area contributed by atoms with Gasteiger partial charge in [-0.05, 0) is 24.6 Å². The number of aryl methyl sites for hydroxylation is 1. The van der Waals surface area contributed by atoms with Crippen LogP contribution in [0.15, 0.2) is 28.9 Å². The molecule has 0 radical (unpaired) electrons. The Balaban J connectivity index is 2.77. The van der Waals surface area contributed by atoms with Crippen molar-refractivity contribution in [2.45, 2.75) is 6.92 Å². The molecule has 6 heteroatoms. The van der Waals surface area contributed by atoms with Crippen molar-refractivity contribution in [3.05, 3.63) is 45.7 Å². The quantitative estimate of drug-likeness (QED) is 0.857. The minimum Gasteiger partial charge on any atom is -0.464 e. The molecule has 20 heavy (non-hydrogen) atoms. The third kappa shape index (κ3) is 2.28. The number of anilines is 1. The van der Waals surface area contributed by atoms with E-state index in [1.807, 2.05) is 31.2 Å². The summed E-state index contributed by atoms with van der Waals surface area (Å²) in [5.74, 6) is -0.580. The van der Waals surface area contributed by atoms with Gasteiger partial charge in [0.2, 0.25) is 0 Å². The summed E-state index contributed by atoms with van der Waals surface area (Å²) in [5.41, 5.74) is 8.08. The van der Waals surface area contributed by atoms with Gasteiger partial charge in [-0.25, -0.2) is 4.79 Å². The summed E-state index contributed by atoms with van der Waals surface area (Å²) in [6.07, 6.45) is 1.54. The van der Waals surface area contributed by atoms with Crippen molar-refractivity contribution in [1.82, 2.24) is 4.57 Å². The lowest BCUT2D eigenvalue weighted by molar-refractivity contribution is 0.0593. The molecule has 0 atom stereocenters. The number of benzene rings is 1. The number of hydrogen-bond acceptors (Lipinski definition) is 4. The molecule has 0 amide bonds. The molecule has 0 saturated heterocycles. The zero-order valence-corrected chi connectivity index (χ0v) is 12.6. The number of carbonyl (C=O) groups is 1. The highest BCUT2D eigenvalue weighted by atomic mass is 79.9. The Bertz CT molecular complexity index is 729. The molecular formula is C14H12BrN3O2. The predicted octanol–water partition coefficient (Wildman–Crippen LogP) is 2.79. The van der Waals surface area contributed by atoms with Crippen molar-refractivity contribution in [3.8, 4) is 11.8 Å². The first-order valence-electron chi connectivity index (χ1n) is 5.75. The second kappa shape index (κ2) is 5.39. The van der Waals surface area contributed by atoms with E-state index in [4.69, 9.17) is 15.7 Å². The molecule has 5 nitrogen and oxygen atoms in total. The van der Waals surface area contributed by atoms with E-state index in [0.29, 0.717) is 0 Å². The maximum atomic E-state index is 11.9. The molecule has 0 unspecified atom stereocenters. The van der Waals surface area contributed by atoms with E-state index in [1.54, 1.807) is 4.57 Å². The molecule has 0 aliphatic heterocycles. The number of nitrogens with zero attached hydrogens (tertiary/aromatic N) is 2. The van der Waals surface area contributed by atoms with Crippen molar-refractivity contribution in [2.75, 3.05) is 12.8 Å². The van der Waals surface area contributed by atoms with Gasteiger partial charge < -0.3 is 15.0 Å². The van der Waals surface area contributed by atoms with Crippen LogP contribution in [-0.2, 0) is 4.74 Å². The number of nitrogens with two attached hydrogens (primary N) is 1. The van der Waals surface area contributed by atoms with Gasteiger partial charge in [0.25, 0.3) is 0 Å².